The number of likely N-dealkylation sites (N-methyl/N-ethyl adjacent to an activating group) is 1. The lowest BCUT2D eigenvalue weighted by atomic mass is 10.2. The lowest BCUT2D eigenvalue weighted by Gasteiger charge is -2.34. The summed E-state index contributed by atoms with van der Waals surface area (Å²) in [4.78, 5) is 5.14. The maximum absolute atomic E-state index is 13.3. The van der Waals surface area contributed by atoms with Gasteiger partial charge in [0.1, 0.15) is 0 Å². The minimum atomic E-state index is -3.65. The molecule has 1 aliphatic rings. The summed E-state index contributed by atoms with van der Waals surface area (Å²) in [6.45, 7) is 8.12. The predicted octanol–water partition coefficient (Wildman–Crippen LogP) is 4.62. The van der Waals surface area contributed by atoms with Crippen LogP contribution in [-0.2, 0) is 16.6 Å². The largest absolute Gasteiger partial charge is 0.301 e. The highest BCUT2D eigenvalue weighted by Gasteiger charge is 2.21. The Balaban J connectivity index is 0.00000160. The standard InChI is InChI=1S/C21H24BrN3O2S.2ClH/c1-2-23-11-13-24(14-12-23)16-18-15-19(7-8-20(18)22)28(26,27)25-10-9-17-5-3-4-6-21(17)25;;/h3-10,15H,2,11-14,16H2,1H3;2*1H. The van der Waals surface area contributed by atoms with Crippen molar-refractivity contribution in [3.63, 3.8) is 0 Å². The van der Waals surface area contributed by atoms with E-state index in [1.54, 1.807) is 18.3 Å². The average Bonchev–Trinajstić information content (AvgIpc) is 3.15. The van der Waals surface area contributed by atoms with E-state index in [4.69, 9.17) is 0 Å². The predicted molar refractivity (Wildman–Crippen MR) is 131 cm³/mol. The molecule has 164 valence electrons. The van der Waals surface area contributed by atoms with Crippen LogP contribution in [-0.4, -0.2) is 54.9 Å². The summed E-state index contributed by atoms with van der Waals surface area (Å²) in [5.74, 6) is 0. The molecule has 3 aromatic rings. The molecule has 0 radical (unpaired) electrons. The van der Waals surface area contributed by atoms with E-state index in [0.29, 0.717) is 10.4 Å². The van der Waals surface area contributed by atoms with Crippen LogP contribution in [0.4, 0.5) is 0 Å². The van der Waals surface area contributed by atoms with E-state index in [9.17, 15) is 8.42 Å². The molecule has 30 heavy (non-hydrogen) atoms. The first-order valence-corrected chi connectivity index (χ1v) is 11.8. The van der Waals surface area contributed by atoms with E-state index >= 15 is 0 Å². The molecule has 0 amide bonds. The Morgan fingerprint density at radius 3 is 2.30 bits per heavy atom. The van der Waals surface area contributed by atoms with Crippen molar-refractivity contribution in [2.24, 2.45) is 0 Å². The number of halogens is 3. The summed E-state index contributed by atoms with van der Waals surface area (Å²) >= 11 is 3.60. The van der Waals surface area contributed by atoms with E-state index in [2.05, 4.69) is 32.7 Å². The molecule has 1 saturated heterocycles. The quantitative estimate of drug-likeness (QED) is 0.479. The van der Waals surface area contributed by atoms with E-state index < -0.39 is 10.0 Å². The second-order valence-electron chi connectivity index (χ2n) is 7.14. The summed E-state index contributed by atoms with van der Waals surface area (Å²) in [5, 5.41) is 0.914. The maximum atomic E-state index is 13.3. The number of aromatic nitrogens is 1. The van der Waals surface area contributed by atoms with Crippen LogP contribution in [0.1, 0.15) is 12.5 Å². The van der Waals surface area contributed by atoms with E-state index in [1.807, 2.05) is 36.4 Å². The van der Waals surface area contributed by atoms with Gasteiger partial charge in [-0.1, -0.05) is 41.1 Å². The Kier molecular flexibility index (Phi) is 8.80. The van der Waals surface area contributed by atoms with Crippen molar-refractivity contribution in [2.45, 2.75) is 18.4 Å². The first-order valence-electron chi connectivity index (χ1n) is 9.54. The number of hydrogen-bond acceptors (Lipinski definition) is 4. The van der Waals surface area contributed by atoms with Crippen molar-refractivity contribution in [1.29, 1.82) is 0 Å². The molecule has 1 aromatic heterocycles. The SMILES string of the molecule is CCN1CCN(Cc2cc(S(=O)(=O)n3ccc4ccccc43)ccc2Br)CC1.Cl.Cl. The molecule has 0 atom stereocenters. The van der Waals surface area contributed by atoms with E-state index in [0.717, 1.165) is 54.7 Å². The van der Waals surface area contributed by atoms with Crippen molar-refractivity contribution in [2.75, 3.05) is 32.7 Å². The molecule has 1 fully saturated rings. The van der Waals surface area contributed by atoms with Gasteiger partial charge in [0, 0.05) is 48.8 Å². The fraction of sp³-hybridized carbons (Fsp3) is 0.333. The van der Waals surface area contributed by atoms with Gasteiger partial charge >= 0.3 is 0 Å². The van der Waals surface area contributed by atoms with E-state index in [1.165, 1.54) is 3.97 Å². The number of fused-ring (bicyclic) bond motifs is 1. The van der Waals surface area contributed by atoms with Crippen molar-refractivity contribution in [1.82, 2.24) is 13.8 Å². The van der Waals surface area contributed by atoms with Gasteiger partial charge in [-0.2, -0.15) is 0 Å². The van der Waals surface area contributed by atoms with Gasteiger partial charge in [0.15, 0.2) is 0 Å². The highest BCUT2D eigenvalue weighted by molar-refractivity contribution is 9.10. The summed E-state index contributed by atoms with van der Waals surface area (Å²) in [6.07, 6.45) is 1.63. The third-order valence-electron chi connectivity index (χ3n) is 5.44. The number of nitrogens with zero attached hydrogens (tertiary/aromatic N) is 3. The van der Waals surface area contributed by atoms with Crippen molar-refractivity contribution in [3.05, 3.63) is 64.8 Å². The zero-order valence-corrected chi connectivity index (χ0v) is 20.7. The summed E-state index contributed by atoms with van der Waals surface area (Å²) in [5.41, 5.74) is 1.70. The Labute approximate surface area is 199 Å². The van der Waals surface area contributed by atoms with Gasteiger partial charge < -0.3 is 4.90 Å². The molecule has 2 heterocycles. The van der Waals surface area contributed by atoms with Gasteiger partial charge in [0.05, 0.1) is 10.4 Å². The fourth-order valence-corrected chi connectivity index (χ4v) is 5.49. The van der Waals surface area contributed by atoms with Crippen LogP contribution in [0.3, 0.4) is 0 Å². The number of benzene rings is 2. The first-order chi connectivity index (χ1) is 13.5. The van der Waals surface area contributed by atoms with Crippen molar-refractivity contribution >= 4 is 61.7 Å². The number of hydrogen-bond donors (Lipinski definition) is 0. The number of rotatable bonds is 5. The normalized spacial score (nSPS) is 15.5. The summed E-state index contributed by atoms with van der Waals surface area (Å²) < 4.78 is 28.9. The van der Waals surface area contributed by atoms with E-state index in [-0.39, 0.29) is 24.8 Å². The zero-order chi connectivity index (χ0) is 19.7. The first kappa shape index (κ1) is 25.2. The highest BCUT2D eigenvalue weighted by Crippen LogP contribution is 2.26. The zero-order valence-electron chi connectivity index (χ0n) is 16.7. The molecule has 9 heteroatoms. The van der Waals surface area contributed by atoms with Gasteiger partial charge in [-0.25, -0.2) is 12.4 Å². The Bertz CT molecular complexity index is 1100. The number of piperazine rings is 1. The van der Waals surface area contributed by atoms with Gasteiger partial charge in [0.2, 0.25) is 0 Å². The molecule has 2 aromatic carbocycles. The lowest BCUT2D eigenvalue weighted by Crippen LogP contribution is -2.45. The Morgan fingerprint density at radius 1 is 0.933 bits per heavy atom. The third-order valence-corrected chi connectivity index (χ3v) is 7.90. The number of para-hydroxylation sites is 1. The summed E-state index contributed by atoms with van der Waals surface area (Å²) in [6, 6.07) is 14.7. The smallest absolute Gasteiger partial charge is 0.268 e. The minimum Gasteiger partial charge on any atom is -0.301 e. The van der Waals surface area contributed by atoms with Crippen LogP contribution in [0.5, 0.6) is 0 Å². The monoisotopic (exact) mass is 533 g/mol. The molecule has 4 rings (SSSR count). The minimum absolute atomic E-state index is 0. The van der Waals surface area contributed by atoms with Gasteiger partial charge in [0.25, 0.3) is 10.0 Å². The molecular weight excluding hydrogens is 509 g/mol. The average molecular weight is 535 g/mol. The van der Waals surface area contributed by atoms with Gasteiger partial charge in [-0.05, 0) is 42.4 Å². The highest BCUT2D eigenvalue weighted by atomic mass is 79.9. The molecule has 0 spiro atoms. The van der Waals surface area contributed by atoms with Crippen LogP contribution < -0.4 is 0 Å². The Hall–Kier alpha value is -1.09. The van der Waals surface area contributed by atoms with Gasteiger partial charge in [-0.3, -0.25) is 4.90 Å². The van der Waals surface area contributed by atoms with Crippen LogP contribution in [0.2, 0.25) is 0 Å². The maximum Gasteiger partial charge on any atom is 0.268 e. The lowest BCUT2D eigenvalue weighted by molar-refractivity contribution is 0.131. The summed E-state index contributed by atoms with van der Waals surface area (Å²) in [7, 11) is -3.65. The second kappa shape index (κ2) is 10.5. The third kappa shape index (κ3) is 5.03. The molecule has 5 nitrogen and oxygen atoms in total. The van der Waals surface area contributed by atoms with Crippen molar-refractivity contribution in [3.8, 4) is 0 Å². The molecule has 0 aliphatic carbocycles. The molecular formula is C21H26BrCl2N3O2S. The Morgan fingerprint density at radius 2 is 1.60 bits per heavy atom. The molecule has 0 unspecified atom stereocenters. The van der Waals surface area contributed by atoms with Gasteiger partial charge in [-0.15, -0.1) is 24.8 Å². The topological polar surface area (TPSA) is 45.6 Å². The molecule has 0 saturated carbocycles. The van der Waals surface area contributed by atoms with Crippen LogP contribution >= 0.6 is 40.7 Å². The van der Waals surface area contributed by atoms with Crippen LogP contribution in [0.25, 0.3) is 10.9 Å². The molecule has 0 N–H and O–H groups in total. The fourth-order valence-electron chi connectivity index (χ4n) is 3.72. The molecule has 0 bridgehead atoms. The van der Waals surface area contributed by atoms with Crippen LogP contribution in [0, 0.1) is 0 Å². The molecule has 1 aliphatic heterocycles. The second-order valence-corrected chi connectivity index (χ2v) is 9.81. The van der Waals surface area contributed by atoms with Crippen molar-refractivity contribution < 1.29 is 8.42 Å². The van der Waals surface area contributed by atoms with Crippen LogP contribution in [0.15, 0.2) is 64.1 Å².